The van der Waals surface area contributed by atoms with Gasteiger partial charge in [0.15, 0.2) is 0 Å². The Morgan fingerprint density at radius 3 is 1.57 bits per heavy atom. The quantitative estimate of drug-likeness (QED) is 0.253. The minimum atomic E-state index is -3.81. The molecule has 0 amide bonds. The predicted octanol–water partition coefficient (Wildman–Crippen LogP) is 5.63. The fourth-order valence-electron chi connectivity index (χ4n) is 1.94. The van der Waals surface area contributed by atoms with Gasteiger partial charge < -0.3 is 0 Å². The zero-order chi connectivity index (χ0) is 17.2. The summed E-state index contributed by atoms with van der Waals surface area (Å²) >= 11 is 0. The van der Waals surface area contributed by atoms with Crippen LogP contribution in [0.25, 0.3) is 0 Å². The summed E-state index contributed by atoms with van der Waals surface area (Å²) in [7, 11) is -3.81. The SMILES string of the molecule is CCCCCC=CCC=CCC=CCC=CCCCS(=O)(=O)O. The van der Waals surface area contributed by atoms with E-state index in [1.165, 1.54) is 25.7 Å². The Hall–Kier alpha value is -1.13. The molecule has 0 aromatic rings. The summed E-state index contributed by atoms with van der Waals surface area (Å²) in [5.74, 6) is -0.162. The van der Waals surface area contributed by atoms with Gasteiger partial charge >= 0.3 is 0 Å². The highest BCUT2D eigenvalue weighted by Crippen LogP contribution is 2.01. The Morgan fingerprint density at radius 1 is 0.696 bits per heavy atom. The molecule has 0 heterocycles. The Kier molecular flexibility index (Phi) is 15.0. The number of hydrogen-bond donors (Lipinski definition) is 1. The molecular formula is C19H32O3S. The first kappa shape index (κ1) is 21.9. The third-order valence-electron chi connectivity index (χ3n) is 3.23. The molecule has 0 saturated carbocycles. The van der Waals surface area contributed by atoms with Gasteiger partial charge in [0.05, 0.1) is 5.75 Å². The van der Waals surface area contributed by atoms with E-state index < -0.39 is 10.1 Å². The van der Waals surface area contributed by atoms with Crippen LogP contribution in [-0.2, 0) is 10.1 Å². The maximum Gasteiger partial charge on any atom is 0.264 e. The molecule has 0 saturated heterocycles. The topological polar surface area (TPSA) is 54.4 Å². The van der Waals surface area contributed by atoms with E-state index in [9.17, 15) is 8.42 Å². The Labute approximate surface area is 142 Å². The monoisotopic (exact) mass is 340 g/mol. The van der Waals surface area contributed by atoms with Crippen LogP contribution in [0.5, 0.6) is 0 Å². The molecule has 23 heavy (non-hydrogen) atoms. The molecule has 0 aromatic heterocycles. The molecule has 0 aliphatic carbocycles. The summed E-state index contributed by atoms with van der Waals surface area (Å²) in [5, 5.41) is 0. The van der Waals surface area contributed by atoms with Crippen molar-refractivity contribution in [1.29, 1.82) is 0 Å². The van der Waals surface area contributed by atoms with Gasteiger partial charge in [-0.2, -0.15) is 8.42 Å². The average Bonchev–Trinajstić information content (AvgIpc) is 2.49. The lowest BCUT2D eigenvalue weighted by atomic mass is 10.2. The molecule has 0 rings (SSSR count). The van der Waals surface area contributed by atoms with Gasteiger partial charge in [0.1, 0.15) is 0 Å². The molecule has 0 spiro atoms. The first-order chi connectivity index (χ1) is 11.1. The first-order valence-corrected chi connectivity index (χ1v) is 10.2. The van der Waals surface area contributed by atoms with E-state index in [-0.39, 0.29) is 5.75 Å². The third kappa shape index (κ3) is 20.9. The Balaban J connectivity index is 3.47. The summed E-state index contributed by atoms with van der Waals surface area (Å²) in [5.41, 5.74) is 0. The van der Waals surface area contributed by atoms with Gasteiger partial charge in [0.25, 0.3) is 10.1 Å². The van der Waals surface area contributed by atoms with Crippen molar-refractivity contribution in [3.05, 3.63) is 48.6 Å². The largest absolute Gasteiger partial charge is 0.286 e. The lowest BCUT2D eigenvalue weighted by Gasteiger charge is -1.92. The van der Waals surface area contributed by atoms with Gasteiger partial charge in [-0.1, -0.05) is 68.4 Å². The van der Waals surface area contributed by atoms with Crippen molar-refractivity contribution in [1.82, 2.24) is 0 Å². The van der Waals surface area contributed by atoms with Crippen LogP contribution >= 0.6 is 0 Å². The number of rotatable bonds is 14. The van der Waals surface area contributed by atoms with Crippen LogP contribution in [0.4, 0.5) is 0 Å². The van der Waals surface area contributed by atoms with Crippen molar-refractivity contribution in [3.63, 3.8) is 0 Å². The fourth-order valence-corrected chi connectivity index (χ4v) is 2.48. The van der Waals surface area contributed by atoms with Crippen LogP contribution in [0, 0.1) is 0 Å². The van der Waals surface area contributed by atoms with Gasteiger partial charge in [-0.25, -0.2) is 0 Å². The average molecular weight is 341 g/mol. The first-order valence-electron chi connectivity index (χ1n) is 8.61. The maximum absolute atomic E-state index is 10.5. The van der Waals surface area contributed by atoms with E-state index in [4.69, 9.17) is 4.55 Å². The Morgan fingerprint density at radius 2 is 1.13 bits per heavy atom. The van der Waals surface area contributed by atoms with Crippen molar-refractivity contribution < 1.29 is 13.0 Å². The van der Waals surface area contributed by atoms with Crippen LogP contribution in [0.15, 0.2) is 48.6 Å². The summed E-state index contributed by atoms with van der Waals surface area (Å²) in [4.78, 5) is 0. The van der Waals surface area contributed by atoms with E-state index >= 15 is 0 Å². The normalized spacial score (nSPS) is 13.3. The van der Waals surface area contributed by atoms with Crippen molar-refractivity contribution in [2.45, 2.75) is 64.7 Å². The van der Waals surface area contributed by atoms with Crippen LogP contribution in [0.3, 0.4) is 0 Å². The van der Waals surface area contributed by atoms with E-state index in [0.717, 1.165) is 19.3 Å². The van der Waals surface area contributed by atoms with Gasteiger partial charge in [-0.05, 0) is 44.9 Å². The summed E-state index contributed by atoms with van der Waals surface area (Å²) in [6.07, 6.45) is 26.1. The van der Waals surface area contributed by atoms with Crippen LogP contribution in [-0.4, -0.2) is 18.7 Å². The van der Waals surface area contributed by atoms with Crippen molar-refractivity contribution in [2.24, 2.45) is 0 Å². The molecule has 1 N–H and O–H groups in total. The third-order valence-corrected chi connectivity index (χ3v) is 4.04. The van der Waals surface area contributed by atoms with E-state index in [1.807, 2.05) is 12.2 Å². The van der Waals surface area contributed by atoms with Crippen LogP contribution < -0.4 is 0 Å². The molecule has 0 aliphatic heterocycles. The molecule has 0 bridgehead atoms. The smallest absolute Gasteiger partial charge is 0.264 e. The molecule has 0 aromatic carbocycles. The van der Waals surface area contributed by atoms with E-state index in [0.29, 0.717) is 12.8 Å². The second kappa shape index (κ2) is 15.8. The second-order valence-corrected chi connectivity index (χ2v) is 7.09. The Bertz CT molecular complexity index is 471. The minimum absolute atomic E-state index is 0.162. The molecule has 0 fully saturated rings. The summed E-state index contributed by atoms with van der Waals surface area (Å²) in [6.45, 7) is 2.22. The molecule has 0 atom stereocenters. The van der Waals surface area contributed by atoms with Gasteiger partial charge in [-0.3, -0.25) is 4.55 Å². The second-order valence-electron chi connectivity index (χ2n) is 5.52. The van der Waals surface area contributed by atoms with E-state index in [2.05, 4.69) is 43.4 Å². The van der Waals surface area contributed by atoms with Crippen molar-refractivity contribution >= 4 is 10.1 Å². The van der Waals surface area contributed by atoms with Crippen molar-refractivity contribution in [2.75, 3.05) is 5.75 Å². The lowest BCUT2D eigenvalue weighted by Crippen LogP contribution is -2.02. The zero-order valence-electron chi connectivity index (χ0n) is 14.4. The molecule has 0 unspecified atom stereocenters. The van der Waals surface area contributed by atoms with Crippen molar-refractivity contribution in [3.8, 4) is 0 Å². The predicted molar refractivity (Wildman–Crippen MR) is 100 cm³/mol. The highest BCUT2D eigenvalue weighted by atomic mass is 32.2. The number of allylic oxidation sites excluding steroid dienone is 8. The highest BCUT2D eigenvalue weighted by Gasteiger charge is 2.01. The molecule has 0 aliphatic rings. The molecule has 0 radical (unpaired) electrons. The lowest BCUT2D eigenvalue weighted by molar-refractivity contribution is 0.481. The fraction of sp³-hybridized carbons (Fsp3) is 0.579. The standard InChI is InChI=1S/C19H32O3S/c1-2-3-4-5-6-7-8-9-10-11-12-13-14-15-16-17-18-19-23(20,21)22/h6-7,9-10,12-13,15-16H,2-5,8,11,14,17-19H2,1H3,(H,20,21,22). The van der Waals surface area contributed by atoms with Gasteiger partial charge in [0.2, 0.25) is 0 Å². The molecular weight excluding hydrogens is 308 g/mol. The summed E-state index contributed by atoms with van der Waals surface area (Å²) < 4.78 is 29.6. The number of hydrogen-bond acceptors (Lipinski definition) is 2. The molecule has 3 nitrogen and oxygen atoms in total. The molecule has 4 heteroatoms. The zero-order valence-corrected chi connectivity index (χ0v) is 15.2. The number of unbranched alkanes of at least 4 members (excludes halogenated alkanes) is 4. The van der Waals surface area contributed by atoms with Gasteiger partial charge in [-0.15, -0.1) is 0 Å². The molecule has 132 valence electrons. The van der Waals surface area contributed by atoms with Crippen LogP contribution in [0.2, 0.25) is 0 Å². The minimum Gasteiger partial charge on any atom is -0.286 e. The summed E-state index contributed by atoms with van der Waals surface area (Å²) in [6, 6.07) is 0. The van der Waals surface area contributed by atoms with Crippen LogP contribution in [0.1, 0.15) is 64.7 Å². The highest BCUT2D eigenvalue weighted by molar-refractivity contribution is 7.85. The maximum atomic E-state index is 10.5. The van der Waals surface area contributed by atoms with Gasteiger partial charge in [0, 0.05) is 0 Å². The van der Waals surface area contributed by atoms with E-state index in [1.54, 1.807) is 0 Å².